The molecule has 7 nitrogen and oxygen atoms in total. The van der Waals surface area contributed by atoms with Gasteiger partial charge in [-0.1, -0.05) is 30.3 Å². The average Bonchev–Trinajstić information content (AvgIpc) is 3.45. The molecule has 0 bridgehead atoms. The van der Waals surface area contributed by atoms with Gasteiger partial charge < -0.3 is 5.11 Å². The topological polar surface area (TPSA) is 93.3 Å². The first-order valence-corrected chi connectivity index (χ1v) is 12.5. The first kappa shape index (κ1) is 22.4. The van der Waals surface area contributed by atoms with Crippen LogP contribution in [0.15, 0.2) is 34.8 Å². The minimum Gasteiger partial charge on any atom is -0.481 e. The highest BCUT2D eigenvalue weighted by atomic mass is 32.1. The van der Waals surface area contributed by atoms with Crippen LogP contribution in [0.4, 0.5) is 0 Å². The van der Waals surface area contributed by atoms with Crippen LogP contribution in [0, 0.1) is 27.7 Å². The second-order valence-corrected chi connectivity index (χ2v) is 10.3. The largest absolute Gasteiger partial charge is 0.481 e. The molecule has 1 aliphatic heterocycles. The third-order valence-corrected chi connectivity index (χ3v) is 8.09. The maximum atomic E-state index is 11.7. The Labute approximate surface area is 205 Å². The Balaban J connectivity index is 1.61. The summed E-state index contributed by atoms with van der Waals surface area (Å²) in [6.07, 6.45) is 4.00. The van der Waals surface area contributed by atoms with Gasteiger partial charge in [0.15, 0.2) is 5.82 Å². The molecular weight excluding hydrogens is 466 g/mol. The lowest BCUT2D eigenvalue weighted by Crippen LogP contribution is -2.10. The quantitative estimate of drug-likeness (QED) is 0.396. The molecule has 5 rings (SSSR count). The lowest BCUT2D eigenvalue weighted by molar-refractivity contribution is -0.137. The van der Waals surface area contributed by atoms with Crippen LogP contribution in [0.25, 0.3) is 17.2 Å². The van der Waals surface area contributed by atoms with E-state index < -0.39 is 12.0 Å². The highest BCUT2D eigenvalue weighted by Crippen LogP contribution is 2.39. The second kappa shape index (κ2) is 8.73. The van der Waals surface area contributed by atoms with E-state index in [4.69, 9.17) is 4.99 Å². The molecule has 0 unspecified atom stereocenters. The number of aryl methyl sites for hydroxylation is 3. The Bertz CT molecular complexity index is 1460. The van der Waals surface area contributed by atoms with Gasteiger partial charge in [0, 0.05) is 20.9 Å². The lowest BCUT2D eigenvalue weighted by Gasteiger charge is -2.11. The molecule has 4 aromatic rings. The van der Waals surface area contributed by atoms with Crippen LogP contribution in [0.2, 0.25) is 0 Å². The van der Waals surface area contributed by atoms with Crippen LogP contribution in [0.1, 0.15) is 61.8 Å². The molecule has 0 amide bonds. The van der Waals surface area contributed by atoms with Crippen LogP contribution in [-0.2, 0) is 4.79 Å². The Morgan fingerprint density at radius 3 is 2.56 bits per heavy atom. The number of hydrogen-bond acceptors (Lipinski definition) is 7. The van der Waals surface area contributed by atoms with Crippen molar-refractivity contribution in [1.82, 2.24) is 19.7 Å². The zero-order valence-corrected chi connectivity index (χ0v) is 20.9. The van der Waals surface area contributed by atoms with Gasteiger partial charge in [0.1, 0.15) is 16.9 Å². The summed E-state index contributed by atoms with van der Waals surface area (Å²) in [6, 6.07) is 7.58. The first-order chi connectivity index (χ1) is 16.3. The maximum Gasteiger partial charge on any atom is 0.306 e. The van der Waals surface area contributed by atoms with E-state index in [0.29, 0.717) is 5.82 Å². The first-order valence-electron chi connectivity index (χ1n) is 10.8. The highest BCUT2D eigenvalue weighted by Gasteiger charge is 2.32. The normalized spacial score (nSPS) is 15.2. The number of carbonyl (C=O) groups is 1. The number of aromatic nitrogens is 4. The van der Waals surface area contributed by atoms with E-state index in [1.54, 1.807) is 22.7 Å². The highest BCUT2D eigenvalue weighted by molar-refractivity contribution is 7.15. The molecule has 9 heteroatoms. The number of thiophene rings is 1. The number of thiazole rings is 1. The zero-order valence-electron chi connectivity index (χ0n) is 19.2. The number of hydrogen-bond donors (Lipinski definition) is 1. The van der Waals surface area contributed by atoms with E-state index in [9.17, 15) is 9.90 Å². The van der Waals surface area contributed by atoms with Gasteiger partial charge in [0.25, 0.3) is 0 Å². The van der Waals surface area contributed by atoms with Crippen LogP contribution in [-0.4, -0.2) is 36.5 Å². The summed E-state index contributed by atoms with van der Waals surface area (Å²) in [5, 5.41) is 19.1. The number of rotatable bonds is 5. The number of carboxylic acid groups (broad SMARTS) is 1. The molecule has 0 saturated heterocycles. The third-order valence-electron chi connectivity index (χ3n) is 6.00. The van der Waals surface area contributed by atoms with E-state index in [1.165, 1.54) is 4.88 Å². The maximum absolute atomic E-state index is 11.7. The van der Waals surface area contributed by atoms with Crippen molar-refractivity contribution in [3.63, 3.8) is 0 Å². The molecule has 0 aliphatic carbocycles. The molecule has 3 aromatic heterocycles. The number of aliphatic imine (C=N–C) groups is 1. The molecule has 1 atom stereocenters. The van der Waals surface area contributed by atoms with Crippen LogP contribution in [0.3, 0.4) is 0 Å². The summed E-state index contributed by atoms with van der Waals surface area (Å²) in [7, 11) is 0. The minimum atomic E-state index is -0.919. The fourth-order valence-corrected chi connectivity index (χ4v) is 5.99. The van der Waals surface area contributed by atoms with Crippen molar-refractivity contribution < 1.29 is 9.90 Å². The summed E-state index contributed by atoms with van der Waals surface area (Å²) >= 11 is 3.28. The van der Waals surface area contributed by atoms with Gasteiger partial charge in [-0.3, -0.25) is 14.4 Å². The fourth-order valence-electron chi connectivity index (χ4n) is 4.09. The summed E-state index contributed by atoms with van der Waals surface area (Å²) in [5.41, 5.74) is 7.83. The van der Waals surface area contributed by atoms with Crippen molar-refractivity contribution in [3.8, 4) is 5.00 Å². The average molecular weight is 490 g/mol. The third kappa shape index (κ3) is 3.91. The van der Waals surface area contributed by atoms with Gasteiger partial charge >= 0.3 is 5.97 Å². The van der Waals surface area contributed by atoms with E-state index in [0.717, 1.165) is 49.4 Å². The van der Waals surface area contributed by atoms with Gasteiger partial charge in [0.05, 0.1) is 23.3 Å². The van der Waals surface area contributed by atoms with Crippen LogP contribution >= 0.6 is 22.7 Å². The monoisotopic (exact) mass is 489 g/mol. The van der Waals surface area contributed by atoms with Crippen LogP contribution in [0.5, 0.6) is 0 Å². The molecule has 34 heavy (non-hydrogen) atoms. The van der Waals surface area contributed by atoms with E-state index >= 15 is 0 Å². The predicted molar refractivity (Wildman–Crippen MR) is 136 cm³/mol. The van der Waals surface area contributed by atoms with Crippen molar-refractivity contribution in [3.05, 3.63) is 79.1 Å². The Hall–Kier alpha value is -3.43. The van der Waals surface area contributed by atoms with Gasteiger partial charge in [0.2, 0.25) is 0 Å². The standard InChI is InChI=1S/C25H23N5O2S2/c1-13-15(3)34-25-22(13)23(27-19(11-21(31)32)24-29-28-16(4)30(24)25)18-8-5-17(6-9-18)7-10-20-14(2)26-12-33-20/h5-10,12,19H,11H2,1-4H3,(H,31,32)/t19-/m0/s1. The Morgan fingerprint density at radius 1 is 1.12 bits per heavy atom. The molecule has 1 aromatic carbocycles. The molecule has 0 radical (unpaired) electrons. The van der Waals surface area contributed by atoms with E-state index in [-0.39, 0.29) is 6.42 Å². The molecule has 1 aliphatic rings. The second-order valence-electron chi connectivity index (χ2n) is 8.25. The van der Waals surface area contributed by atoms with Crippen molar-refractivity contribution in [2.45, 2.75) is 40.2 Å². The Morgan fingerprint density at radius 2 is 1.88 bits per heavy atom. The molecule has 0 spiro atoms. The number of carboxylic acids is 1. The molecular formula is C25H23N5O2S2. The number of aliphatic carboxylic acids is 1. The molecule has 0 fully saturated rings. The van der Waals surface area contributed by atoms with E-state index in [1.807, 2.05) is 36.1 Å². The molecule has 0 saturated carbocycles. The molecule has 1 N–H and O–H groups in total. The molecule has 4 heterocycles. The number of fused-ring (bicyclic) bond motifs is 3. The minimum absolute atomic E-state index is 0.149. The van der Waals surface area contributed by atoms with Crippen molar-refractivity contribution in [1.29, 1.82) is 0 Å². The van der Waals surface area contributed by atoms with Crippen molar-refractivity contribution in [2.24, 2.45) is 4.99 Å². The van der Waals surface area contributed by atoms with E-state index in [2.05, 4.69) is 53.3 Å². The zero-order chi connectivity index (χ0) is 24.0. The van der Waals surface area contributed by atoms with Crippen molar-refractivity contribution in [2.75, 3.05) is 0 Å². The van der Waals surface area contributed by atoms with Gasteiger partial charge in [-0.2, -0.15) is 0 Å². The Kier molecular flexibility index (Phi) is 5.75. The number of nitrogens with zero attached hydrogens (tertiary/aromatic N) is 5. The van der Waals surface area contributed by atoms with Crippen LogP contribution < -0.4 is 0 Å². The van der Waals surface area contributed by atoms with Gasteiger partial charge in [-0.05, 0) is 44.9 Å². The number of benzene rings is 1. The fraction of sp³-hybridized carbons (Fsp3) is 0.240. The SMILES string of the molecule is Cc1ncsc1C=Cc1ccc(C2=N[C@@H](CC(=O)O)c3nnc(C)n3-c3sc(C)c(C)c32)cc1. The smallest absolute Gasteiger partial charge is 0.306 e. The summed E-state index contributed by atoms with van der Waals surface area (Å²) < 4.78 is 1.97. The summed E-state index contributed by atoms with van der Waals surface area (Å²) in [6.45, 7) is 8.07. The van der Waals surface area contributed by atoms with Gasteiger partial charge in [-0.15, -0.1) is 32.9 Å². The van der Waals surface area contributed by atoms with Crippen molar-refractivity contribution >= 4 is 46.5 Å². The summed E-state index contributed by atoms with van der Waals surface area (Å²) in [4.78, 5) is 23.3. The predicted octanol–water partition coefficient (Wildman–Crippen LogP) is 5.56. The summed E-state index contributed by atoms with van der Waals surface area (Å²) in [5.74, 6) is 0.373. The lowest BCUT2D eigenvalue weighted by atomic mass is 9.98. The van der Waals surface area contributed by atoms with Gasteiger partial charge in [-0.25, -0.2) is 4.98 Å². The molecule has 172 valence electrons.